The van der Waals surface area contributed by atoms with Gasteiger partial charge in [0.2, 0.25) is 0 Å². The van der Waals surface area contributed by atoms with E-state index in [1.807, 2.05) is 13.2 Å². The molecule has 0 saturated carbocycles. The van der Waals surface area contributed by atoms with Crippen LogP contribution in [0.15, 0.2) is 18.5 Å². The molecular formula is C9H9ClN2. The number of hydrogen-bond donors (Lipinski definition) is 0. The molecule has 0 aliphatic rings. The molecular weight excluding hydrogens is 172 g/mol. The fraction of sp³-hybridized carbons (Fsp3) is 0.222. The van der Waals surface area contributed by atoms with Crippen molar-refractivity contribution >= 4 is 22.5 Å². The SMILES string of the molecule is Cc1cc2c(Cl)cncc2n1C. The van der Waals surface area contributed by atoms with Gasteiger partial charge in [-0.05, 0) is 13.0 Å². The molecule has 0 amide bonds. The predicted octanol–water partition coefficient (Wildman–Crippen LogP) is 2.54. The summed E-state index contributed by atoms with van der Waals surface area (Å²) in [6.45, 7) is 2.05. The van der Waals surface area contributed by atoms with Crippen molar-refractivity contribution in [2.24, 2.45) is 7.05 Å². The lowest BCUT2D eigenvalue weighted by Gasteiger charge is -1.97. The molecule has 0 fully saturated rings. The van der Waals surface area contributed by atoms with Gasteiger partial charge in [-0.15, -0.1) is 0 Å². The average Bonchev–Trinajstić information content (AvgIpc) is 2.32. The quantitative estimate of drug-likeness (QED) is 0.609. The Labute approximate surface area is 75.8 Å². The van der Waals surface area contributed by atoms with Gasteiger partial charge in [-0.2, -0.15) is 0 Å². The van der Waals surface area contributed by atoms with Crippen molar-refractivity contribution in [1.29, 1.82) is 0 Å². The van der Waals surface area contributed by atoms with Crippen molar-refractivity contribution in [3.05, 3.63) is 29.2 Å². The van der Waals surface area contributed by atoms with Crippen molar-refractivity contribution in [1.82, 2.24) is 9.55 Å². The van der Waals surface area contributed by atoms with Gasteiger partial charge in [0.15, 0.2) is 0 Å². The zero-order valence-corrected chi connectivity index (χ0v) is 7.76. The zero-order chi connectivity index (χ0) is 8.72. The first kappa shape index (κ1) is 7.62. The highest BCUT2D eigenvalue weighted by molar-refractivity contribution is 6.35. The van der Waals surface area contributed by atoms with Crippen LogP contribution in [0.3, 0.4) is 0 Å². The molecule has 0 aromatic carbocycles. The number of hydrogen-bond acceptors (Lipinski definition) is 1. The number of pyridine rings is 1. The van der Waals surface area contributed by atoms with Gasteiger partial charge in [0, 0.05) is 24.3 Å². The summed E-state index contributed by atoms with van der Waals surface area (Å²) in [6.07, 6.45) is 3.50. The van der Waals surface area contributed by atoms with Crippen LogP contribution in [0.25, 0.3) is 10.9 Å². The van der Waals surface area contributed by atoms with Crippen molar-refractivity contribution < 1.29 is 0 Å². The lowest BCUT2D eigenvalue weighted by atomic mass is 10.3. The topological polar surface area (TPSA) is 17.8 Å². The fourth-order valence-corrected chi connectivity index (χ4v) is 1.55. The second-order valence-corrected chi connectivity index (χ2v) is 3.31. The summed E-state index contributed by atoms with van der Waals surface area (Å²) >= 11 is 5.97. The van der Waals surface area contributed by atoms with E-state index >= 15 is 0 Å². The van der Waals surface area contributed by atoms with E-state index in [1.54, 1.807) is 6.20 Å². The molecule has 0 radical (unpaired) electrons. The second kappa shape index (κ2) is 2.49. The van der Waals surface area contributed by atoms with Gasteiger partial charge in [-0.1, -0.05) is 11.6 Å². The Balaban J connectivity index is 2.95. The van der Waals surface area contributed by atoms with Crippen LogP contribution in [0.1, 0.15) is 5.69 Å². The number of nitrogens with zero attached hydrogens (tertiary/aromatic N) is 2. The molecule has 0 aliphatic carbocycles. The first-order valence-corrected chi connectivity index (χ1v) is 4.13. The van der Waals surface area contributed by atoms with E-state index in [1.165, 1.54) is 5.69 Å². The third-order valence-corrected chi connectivity index (χ3v) is 2.46. The summed E-state index contributed by atoms with van der Waals surface area (Å²) in [6, 6.07) is 2.07. The summed E-state index contributed by atoms with van der Waals surface area (Å²) < 4.78 is 2.08. The second-order valence-electron chi connectivity index (χ2n) is 2.90. The molecule has 0 aliphatic heterocycles. The van der Waals surface area contributed by atoms with Crippen LogP contribution in [0, 0.1) is 6.92 Å². The Morgan fingerprint density at radius 1 is 1.42 bits per heavy atom. The molecule has 2 rings (SSSR count). The highest BCUT2D eigenvalue weighted by atomic mass is 35.5. The summed E-state index contributed by atoms with van der Waals surface area (Å²) in [5, 5.41) is 1.79. The molecule has 0 atom stereocenters. The molecule has 62 valence electrons. The van der Waals surface area contributed by atoms with Crippen molar-refractivity contribution in [2.45, 2.75) is 6.92 Å². The maximum Gasteiger partial charge on any atom is 0.0683 e. The Hall–Kier alpha value is -1.02. The molecule has 2 nitrogen and oxygen atoms in total. The molecule has 0 spiro atoms. The number of aromatic nitrogens is 2. The molecule has 0 bridgehead atoms. The predicted molar refractivity (Wildman–Crippen MR) is 50.5 cm³/mol. The van der Waals surface area contributed by atoms with Crippen LogP contribution in [0.4, 0.5) is 0 Å². The minimum atomic E-state index is 0.719. The van der Waals surface area contributed by atoms with Crippen LogP contribution in [0.2, 0.25) is 5.02 Å². The number of halogens is 1. The first-order valence-electron chi connectivity index (χ1n) is 3.75. The fourth-order valence-electron chi connectivity index (χ4n) is 1.34. The first-order chi connectivity index (χ1) is 5.70. The van der Waals surface area contributed by atoms with Crippen LogP contribution in [0.5, 0.6) is 0 Å². The lowest BCUT2D eigenvalue weighted by molar-refractivity contribution is 0.915. The van der Waals surface area contributed by atoms with Crippen molar-refractivity contribution in [2.75, 3.05) is 0 Å². The van der Waals surface area contributed by atoms with E-state index < -0.39 is 0 Å². The largest absolute Gasteiger partial charge is 0.347 e. The summed E-state index contributed by atoms with van der Waals surface area (Å²) in [5.41, 5.74) is 2.28. The van der Waals surface area contributed by atoms with Crippen LogP contribution >= 0.6 is 11.6 Å². The third-order valence-electron chi connectivity index (χ3n) is 2.16. The molecule has 2 heterocycles. The molecule has 0 N–H and O–H groups in total. The van der Waals surface area contributed by atoms with Gasteiger partial charge in [-0.3, -0.25) is 4.98 Å². The monoisotopic (exact) mass is 180 g/mol. The Morgan fingerprint density at radius 2 is 2.17 bits per heavy atom. The maximum absolute atomic E-state index is 5.97. The number of rotatable bonds is 0. The van der Waals surface area contributed by atoms with Crippen molar-refractivity contribution in [3.8, 4) is 0 Å². The third kappa shape index (κ3) is 0.916. The number of aryl methyl sites for hydroxylation is 2. The standard InChI is InChI=1S/C9H9ClN2/c1-6-3-7-8(10)4-11-5-9(7)12(6)2/h3-5H,1-2H3. The van der Waals surface area contributed by atoms with Gasteiger partial charge < -0.3 is 4.57 Å². The normalized spacial score (nSPS) is 10.9. The molecule has 12 heavy (non-hydrogen) atoms. The van der Waals surface area contributed by atoms with Crippen LogP contribution < -0.4 is 0 Å². The molecule has 2 aromatic rings. The summed E-state index contributed by atoms with van der Waals surface area (Å²) in [4.78, 5) is 4.03. The Morgan fingerprint density at radius 3 is 2.83 bits per heavy atom. The zero-order valence-electron chi connectivity index (χ0n) is 7.00. The summed E-state index contributed by atoms with van der Waals surface area (Å²) in [7, 11) is 2.01. The minimum Gasteiger partial charge on any atom is -0.347 e. The van der Waals surface area contributed by atoms with E-state index in [9.17, 15) is 0 Å². The van der Waals surface area contributed by atoms with Gasteiger partial charge in [0.1, 0.15) is 0 Å². The van der Waals surface area contributed by atoms with E-state index in [0.717, 1.165) is 15.9 Å². The van der Waals surface area contributed by atoms with E-state index in [0.29, 0.717) is 0 Å². The van der Waals surface area contributed by atoms with Gasteiger partial charge in [-0.25, -0.2) is 0 Å². The summed E-state index contributed by atoms with van der Waals surface area (Å²) in [5.74, 6) is 0. The molecule has 3 heteroatoms. The minimum absolute atomic E-state index is 0.719. The molecule has 0 saturated heterocycles. The smallest absolute Gasteiger partial charge is 0.0683 e. The highest BCUT2D eigenvalue weighted by Crippen LogP contribution is 2.24. The van der Waals surface area contributed by atoms with E-state index in [4.69, 9.17) is 11.6 Å². The highest BCUT2D eigenvalue weighted by Gasteiger charge is 2.04. The van der Waals surface area contributed by atoms with Crippen LogP contribution in [-0.4, -0.2) is 9.55 Å². The molecule has 0 unspecified atom stereocenters. The van der Waals surface area contributed by atoms with Gasteiger partial charge in [0.25, 0.3) is 0 Å². The van der Waals surface area contributed by atoms with Gasteiger partial charge >= 0.3 is 0 Å². The number of fused-ring (bicyclic) bond motifs is 1. The van der Waals surface area contributed by atoms with Gasteiger partial charge in [0.05, 0.1) is 16.7 Å². The Kier molecular flexibility index (Phi) is 1.58. The Bertz CT molecular complexity index is 431. The maximum atomic E-state index is 5.97. The van der Waals surface area contributed by atoms with Crippen molar-refractivity contribution in [3.63, 3.8) is 0 Å². The van der Waals surface area contributed by atoms with E-state index in [2.05, 4.69) is 22.5 Å². The molecule has 2 aromatic heterocycles. The van der Waals surface area contributed by atoms with E-state index in [-0.39, 0.29) is 0 Å². The van der Waals surface area contributed by atoms with Crippen LogP contribution in [-0.2, 0) is 7.05 Å². The lowest BCUT2D eigenvalue weighted by Crippen LogP contribution is -1.89. The average molecular weight is 181 g/mol.